The summed E-state index contributed by atoms with van der Waals surface area (Å²) in [6.45, 7) is 2.23. The van der Waals surface area contributed by atoms with Gasteiger partial charge in [0.25, 0.3) is 5.91 Å². The molecule has 2 aromatic heterocycles. The molecule has 2 heterocycles. The second kappa shape index (κ2) is 7.65. The fourth-order valence-electron chi connectivity index (χ4n) is 2.72. The Morgan fingerprint density at radius 3 is 2.83 bits per heavy atom. The number of hydrogen-bond donors (Lipinski definition) is 2. The molecule has 1 aliphatic rings. The van der Waals surface area contributed by atoms with E-state index in [0.717, 1.165) is 47.9 Å². The predicted molar refractivity (Wildman–Crippen MR) is 103 cm³/mol. The maximum atomic E-state index is 14.2. The van der Waals surface area contributed by atoms with Crippen LogP contribution in [0.5, 0.6) is 0 Å². The lowest BCUT2D eigenvalue weighted by atomic mass is 10.2. The Bertz CT molecular complexity index is 1170. The molecule has 1 amide bonds. The Kier molecular flexibility index (Phi) is 5.19. The monoisotopic (exact) mass is 437 g/mol. The summed E-state index contributed by atoms with van der Waals surface area (Å²) in [5.74, 6) is -0.559. The van der Waals surface area contributed by atoms with Crippen LogP contribution in [0, 0.1) is 18.7 Å². The van der Waals surface area contributed by atoms with Gasteiger partial charge in [-0.15, -0.1) is 10.2 Å². The first-order chi connectivity index (χ1) is 13.8. The van der Waals surface area contributed by atoms with Crippen LogP contribution in [0.4, 0.5) is 9.52 Å². The van der Waals surface area contributed by atoms with Crippen LogP contribution in [-0.2, 0) is 10.0 Å². The fraction of sp³-hybridized carbons (Fsp3) is 0.278. The SMILES string of the molecule is Cc1occc1-c1nnc(NC(=O)c2cc(S(=O)(=O)[NH2+]CC3CC3)ccc2F)s1. The first kappa shape index (κ1) is 19.7. The van der Waals surface area contributed by atoms with Crippen molar-refractivity contribution in [3.05, 3.63) is 47.7 Å². The number of rotatable bonds is 7. The fourth-order valence-corrected chi connectivity index (χ4v) is 4.79. The lowest BCUT2D eigenvalue weighted by Crippen LogP contribution is -2.87. The summed E-state index contributed by atoms with van der Waals surface area (Å²) < 4.78 is 45.5. The van der Waals surface area contributed by atoms with E-state index in [0.29, 0.717) is 23.2 Å². The van der Waals surface area contributed by atoms with Crippen LogP contribution in [0.25, 0.3) is 10.6 Å². The molecule has 4 rings (SSSR count). The Morgan fingerprint density at radius 2 is 2.14 bits per heavy atom. The maximum absolute atomic E-state index is 14.2. The van der Waals surface area contributed by atoms with E-state index in [1.54, 1.807) is 13.0 Å². The molecule has 0 spiro atoms. The van der Waals surface area contributed by atoms with Crippen molar-refractivity contribution in [1.29, 1.82) is 0 Å². The quantitative estimate of drug-likeness (QED) is 0.585. The first-order valence-electron chi connectivity index (χ1n) is 8.90. The summed E-state index contributed by atoms with van der Waals surface area (Å²) in [6.07, 6.45) is 3.56. The molecule has 0 saturated heterocycles. The number of halogens is 1. The molecule has 1 aliphatic carbocycles. The van der Waals surface area contributed by atoms with Crippen molar-refractivity contribution in [2.45, 2.75) is 24.7 Å². The number of anilines is 1. The Hall–Kier alpha value is -2.63. The summed E-state index contributed by atoms with van der Waals surface area (Å²) in [5.41, 5.74) is 0.371. The van der Waals surface area contributed by atoms with Gasteiger partial charge < -0.3 is 4.42 Å². The van der Waals surface area contributed by atoms with E-state index in [2.05, 4.69) is 15.5 Å². The number of quaternary nitrogens is 1. The van der Waals surface area contributed by atoms with Gasteiger partial charge in [-0.1, -0.05) is 11.3 Å². The number of carbonyl (C=O) groups excluding carboxylic acids is 1. The van der Waals surface area contributed by atoms with E-state index >= 15 is 0 Å². The largest absolute Gasteiger partial charge is 0.469 e. The van der Waals surface area contributed by atoms with Crippen molar-refractivity contribution in [1.82, 2.24) is 10.2 Å². The highest BCUT2D eigenvalue weighted by Gasteiger charge is 2.28. The number of hydrogen-bond acceptors (Lipinski definition) is 7. The molecular formula is C18H18FN4O4S2+. The zero-order valence-corrected chi connectivity index (χ0v) is 17.0. The number of benzene rings is 1. The lowest BCUT2D eigenvalue weighted by Gasteiger charge is -2.06. The van der Waals surface area contributed by atoms with Gasteiger partial charge in [0, 0.05) is 5.92 Å². The van der Waals surface area contributed by atoms with E-state index in [9.17, 15) is 17.6 Å². The third-order valence-corrected chi connectivity index (χ3v) is 7.01. The third-order valence-electron chi connectivity index (χ3n) is 4.59. The number of amides is 1. The van der Waals surface area contributed by atoms with Gasteiger partial charge in [0.15, 0.2) is 5.01 Å². The van der Waals surface area contributed by atoms with Gasteiger partial charge in [0.1, 0.15) is 16.5 Å². The van der Waals surface area contributed by atoms with E-state index in [1.807, 2.05) is 0 Å². The molecule has 8 nitrogen and oxygen atoms in total. The molecule has 0 radical (unpaired) electrons. The van der Waals surface area contributed by atoms with Crippen molar-refractivity contribution in [3.8, 4) is 10.6 Å². The van der Waals surface area contributed by atoms with Gasteiger partial charge in [0.2, 0.25) is 5.13 Å². The minimum Gasteiger partial charge on any atom is -0.469 e. The number of nitrogens with zero attached hydrogens (tertiary/aromatic N) is 2. The van der Waals surface area contributed by atoms with Crippen LogP contribution >= 0.6 is 11.3 Å². The summed E-state index contributed by atoms with van der Waals surface area (Å²) in [4.78, 5) is 12.4. The van der Waals surface area contributed by atoms with Crippen LogP contribution < -0.4 is 10.0 Å². The molecule has 1 fully saturated rings. The molecule has 0 aliphatic heterocycles. The first-order valence-corrected chi connectivity index (χ1v) is 11.3. The number of nitrogens with one attached hydrogen (secondary N) is 1. The van der Waals surface area contributed by atoms with Gasteiger partial charge >= 0.3 is 10.0 Å². The van der Waals surface area contributed by atoms with E-state index < -0.39 is 21.7 Å². The number of furan rings is 1. The van der Waals surface area contributed by atoms with Crippen molar-refractivity contribution in [2.24, 2.45) is 5.92 Å². The Labute approximate surface area is 170 Å². The molecule has 0 atom stereocenters. The number of nitrogens with two attached hydrogens (primary N) is 1. The van der Waals surface area contributed by atoms with Gasteiger partial charge in [-0.25, -0.2) is 9.11 Å². The summed E-state index contributed by atoms with van der Waals surface area (Å²) >= 11 is 1.10. The maximum Gasteiger partial charge on any atom is 0.324 e. The molecule has 11 heteroatoms. The molecular weight excluding hydrogens is 419 g/mol. The molecule has 29 heavy (non-hydrogen) atoms. The third kappa shape index (κ3) is 4.36. The van der Waals surface area contributed by atoms with Crippen molar-refractivity contribution in [3.63, 3.8) is 0 Å². The highest BCUT2D eigenvalue weighted by Crippen LogP contribution is 2.30. The van der Waals surface area contributed by atoms with Crippen molar-refractivity contribution >= 4 is 32.4 Å². The lowest BCUT2D eigenvalue weighted by molar-refractivity contribution is -0.500. The van der Waals surface area contributed by atoms with E-state index in [4.69, 9.17) is 4.42 Å². The van der Waals surface area contributed by atoms with E-state index in [1.165, 1.54) is 11.0 Å². The minimum atomic E-state index is -3.70. The highest BCUT2D eigenvalue weighted by atomic mass is 32.2. The average molecular weight is 437 g/mol. The van der Waals surface area contributed by atoms with Crippen molar-refractivity contribution < 1.29 is 26.7 Å². The van der Waals surface area contributed by atoms with Crippen LogP contribution in [0.2, 0.25) is 0 Å². The molecule has 1 aromatic carbocycles. The van der Waals surface area contributed by atoms with Crippen LogP contribution in [-0.4, -0.2) is 31.1 Å². The number of sulfonamides is 1. The standard InChI is InChI=1S/C18H17FN4O4S2/c1-10-13(6-7-27-10)17-22-23-18(28-17)21-16(24)14-8-12(4-5-15(14)19)29(25,26)20-9-11-2-3-11/h4-8,11,20H,2-3,9H2,1H3,(H,21,23,24)/p+1. The van der Waals surface area contributed by atoms with Crippen LogP contribution in [0.3, 0.4) is 0 Å². The van der Waals surface area contributed by atoms with Gasteiger partial charge in [-0.05, 0) is 44.0 Å². The van der Waals surface area contributed by atoms with Gasteiger partial charge in [0.05, 0.1) is 23.9 Å². The van der Waals surface area contributed by atoms with Crippen LogP contribution in [0.1, 0.15) is 29.0 Å². The number of aryl methyl sites for hydroxylation is 1. The molecule has 0 bridgehead atoms. The molecule has 3 N–H and O–H groups in total. The Balaban J connectivity index is 1.52. The van der Waals surface area contributed by atoms with Gasteiger partial charge in [-0.2, -0.15) is 8.42 Å². The summed E-state index contributed by atoms with van der Waals surface area (Å²) in [5, 5.41) is 11.1. The summed E-state index contributed by atoms with van der Waals surface area (Å²) in [7, 11) is -3.70. The minimum absolute atomic E-state index is 0.114. The molecule has 152 valence electrons. The molecule has 1 saturated carbocycles. The zero-order chi connectivity index (χ0) is 20.6. The second-order valence-electron chi connectivity index (χ2n) is 6.79. The molecule has 3 aromatic rings. The average Bonchev–Trinajstić information content (AvgIpc) is 3.25. The normalized spacial score (nSPS) is 14.1. The number of primary sulfonamides is 1. The second-order valence-corrected chi connectivity index (χ2v) is 9.66. The highest BCUT2D eigenvalue weighted by molar-refractivity contribution is 7.84. The van der Waals surface area contributed by atoms with Crippen LogP contribution in [0.15, 0.2) is 39.8 Å². The molecule has 0 unspecified atom stereocenters. The zero-order valence-electron chi connectivity index (χ0n) is 15.4. The number of carbonyl (C=O) groups is 1. The predicted octanol–water partition coefficient (Wildman–Crippen LogP) is 2.16. The van der Waals surface area contributed by atoms with E-state index in [-0.39, 0.29) is 15.6 Å². The van der Waals surface area contributed by atoms with Gasteiger partial charge in [-0.3, -0.25) is 10.1 Å². The number of aromatic nitrogens is 2. The smallest absolute Gasteiger partial charge is 0.324 e. The Morgan fingerprint density at radius 1 is 1.34 bits per heavy atom. The topological polar surface area (TPSA) is 119 Å². The summed E-state index contributed by atoms with van der Waals surface area (Å²) in [6, 6.07) is 4.92. The van der Waals surface area contributed by atoms with Crippen molar-refractivity contribution in [2.75, 3.05) is 11.9 Å².